The second-order valence-corrected chi connectivity index (χ2v) is 39.1. The number of unbranched alkanes of at least 4 members (excludes halogenated alkanes) is 6. The van der Waals surface area contributed by atoms with Crippen LogP contribution in [0.2, 0.25) is 12.6 Å². The maximum absolute atomic E-state index is 6.11. The molecule has 0 bridgehead atoms. The molecule has 1 nitrogen and oxygen atoms in total. The minimum Gasteiger partial charge on any atom is -1.00 e. The Hall–Kier alpha value is -2.00. The molecule has 0 N–H and O–H groups in total. The molecule has 2 atom stereocenters. The Kier molecular flexibility index (Phi) is 19.9. The van der Waals surface area contributed by atoms with E-state index in [-0.39, 0.29) is 41.2 Å². The van der Waals surface area contributed by atoms with Crippen LogP contribution in [0, 0.1) is 5.92 Å². The summed E-state index contributed by atoms with van der Waals surface area (Å²) in [6.45, 7) is 34.1. The third-order valence-electron chi connectivity index (χ3n) is 13.9. The molecule has 4 aromatic carbocycles. The molecule has 0 radical (unpaired) electrons. The number of hydrogen-bond donors (Lipinski definition) is 0. The van der Waals surface area contributed by atoms with Gasteiger partial charge in [0.2, 0.25) is 0 Å². The molecule has 346 valence electrons. The molecule has 0 amide bonds. The van der Waals surface area contributed by atoms with Crippen molar-refractivity contribution in [3.63, 3.8) is 0 Å². The van der Waals surface area contributed by atoms with Gasteiger partial charge in [-0.3, -0.25) is 0 Å². The number of ether oxygens (including phenoxy) is 1. The molecular formula is C59H82Cl2OSiZr. The van der Waals surface area contributed by atoms with Gasteiger partial charge >= 0.3 is 390 Å². The van der Waals surface area contributed by atoms with Gasteiger partial charge in [0.05, 0.1) is 0 Å². The monoisotopic (exact) mass is 994 g/mol. The molecule has 4 aromatic rings. The van der Waals surface area contributed by atoms with Crippen LogP contribution in [-0.2, 0) is 35.9 Å². The van der Waals surface area contributed by atoms with Crippen LogP contribution in [-0.4, -0.2) is 17.6 Å². The van der Waals surface area contributed by atoms with Crippen LogP contribution < -0.4 is 24.8 Å². The van der Waals surface area contributed by atoms with Crippen LogP contribution in [0.15, 0.2) is 96.1 Å². The van der Waals surface area contributed by atoms with E-state index in [0.717, 1.165) is 13.0 Å². The first-order chi connectivity index (χ1) is 29.3. The van der Waals surface area contributed by atoms with Gasteiger partial charge in [0, 0.05) is 0 Å². The van der Waals surface area contributed by atoms with Crippen LogP contribution >= 0.6 is 0 Å². The second kappa shape index (κ2) is 23.3. The summed E-state index contributed by atoms with van der Waals surface area (Å²) in [7, 11) is 0. The summed E-state index contributed by atoms with van der Waals surface area (Å²) in [5, 5.41) is 0. The molecule has 0 saturated carbocycles. The Morgan fingerprint density at radius 2 is 1.16 bits per heavy atom. The Morgan fingerprint density at radius 1 is 0.625 bits per heavy atom. The maximum atomic E-state index is 6.11. The number of benzene rings is 4. The number of allylic oxidation sites excluding steroid dienone is 3. The standard InChI is InChI=1S/C30H41O.C22H25.C7H16Si.2ClH.Zr/c1-22-21-24-13-12-15-27(23-16-18-25(19-17-23)29(2,3)4)28(24)26(22)14-10-8-9-11-20-31-30(5,6)7;1-15(2)18-13-17-7-6-8-20(21(17)14-18)16-9-11-19(12-10-16)22(3,4)5;1-3-4-5-6-7-8-2;;;/h12-13,15-19,21H,8-11,14,20H2,1-7H3;6-15H,1-5H3;3-7H2,1-2H3;2*1H;/q;;;;;+2/p-2. The minimum absolute atomic E-state index is 0. The van der Waals surface area contributed by atoms with Gasteiger partial charge in [0.1, 0.15) is 0 Å². The predicted molar refractivity (Wildman–Crippen MR) is 271 cm³/mol. The van der Waals surface area contributed by atoms with E-state index in [4.69, 9.17) is 4.74 Å². The predicted octanol–water partition coefficient (Wildman–Crippen LogP) is 11.8. The Bertz CT molecular complexity index is 2260. The summed E-state index contributed by atoms with van der Waals surface area (Å²) >= 11 is -2.46. The van der Waals surface area contributed by atoms with Crippen LogP contribution in [0.3, 0.4) is 0 Å². The van der Waals surface area contributed by atoms with E-state index in [0.29, 0.717) is 13.2 Å². The smallest absolute Gasteiger partial charge is 1.00 e. The van der Waals surface area contributed by atoms with Gasteiger partial charge in [0.25, 0.3) is 0 Å². The molecule has 0 aromatic heterocycles. The van der Waals surface area contributed by atoms with Crippen molar-refractivity contribution in [3.8, 4) is 22.3 Å². The first-order valence-electron chi connectivity index (χ1n) is 24.5. The summed E-state index contributed by atoms with van der Waals surface area (Å²) < 4.78 is 7.33. The molecule has 0 heterocycles. The van der Waals surface area contributed by atoms with E-state index in [1.165, 1.54) is 96.4 Å². The van der Waals surface area contributed by atoms with Crippen molar-refractivity contribution in [2.45, 2.75) is 184 Å². The molecule has 6 rings (SSSR count). The quantitative estimate of drug-likeness (QED) is 0.0757. The largest absolute Gasteiger partial charge is 1.00 e. The van der Waals surface area contributed by atoms with Crippen molar-refractivity contribution in [2.75, 3.05) is 6.61 Å². The number of hydrogen-bond acceptors (Lipinski definition) is 1. The fraction of sp³-hybridized carbons (Fsp3) is 0.525. The van der Waals surface area contributed by atoms with Gasteiger partial charge < -0.3 is 24.8 Å². The van der Waals surface area contributed by atoms with Crippen molar-refractivity contribution in [2.24, 2.45) is 5.92 Å². The van der Waals surface area contributed by atoms with Gasteiger partial charge in [-0.05, 0) is 0 Å². The third kappa shape index (κ3) is 12.9. The second-order valence-electron chi connectivity index (χ2n) is 22.2. The molecular weight excluding hydrogens is 915 g/mol. The third-order valence-corrected chi connectivity index (χ3v) is 35.0. The number of rotatable bonds is 17. The Labute approximate surface area is 412 Å². The molecule has 0 aliphatic heterocycles. The average molecular weight is 998 g/mol. The topological polar surface area (TPSA) is 9.23 Å². The zero-order valence-electron chi connectivity index (χ0n) is 42.3. The molecule has 2 aliphatic carbocycles. The van der Waals surface area contributed by atoms with Crippen molar-refractivity contribution in [1.29, 1.82) is 0 Å². The first-order valence-corrected chi connectivity index (χ1v) is 33.3. The van der Waals surface area contributed by atoms with Crippen LogP contribution in [0.1, 0.15) is 188 Å². The van der Waals surface area contributed by atoms with Crippen LogP contribution in [0.25, 0.3) is 33.9 Å². The molecule has 0 saturated heterocycles. The first kappa shape index (κ1) is 54.6. The normalized spacial score (nSPS) is 16.3. The molecule has 0 spiro atoms. The fourth-order valence-corrected chi connectivity index (χ4v) is 34.3. The Balaban J connectivity index is 0.00000449. The summed E-state index contributed by atoms with van der Waals surface area (Å²) in [6, 6.07) is 35.5. The van der Waals surface area contributed by atoms with Crippen LogP contribution in [0.5, 0.6) is 0 Å². The van der Waals surface area contributed by atoms with E-state index < -0.39 is 25.8 Å². The zero-order valence-corrected chi connectivity index (χ0v) is 47.3. The van der Waals surface area contributed by atoms with Crippen molar-refractivity contribution in [1.82, 2.24) is 0 Å². The van der Waals surface area contributed by atoms with Crippen molar-refractivity contribution < 1.29 is 49.9 Å². The van der Waals surface area contributed by atoms with Gasteiger partial charge in [-0.2, -0.15) is 0 Å². The zero-order chi connectivity index (χ0) is 45.0. The number of halogens is 2. The average Bonchev–Trinajstić information content (AvgIpc) is 3.74. The van der Waals surface area contributed by atoms with E-state index in [9.17, 15) is 0 Å². The SMILES string of the molecule is CCCCCC[Si](C)=[Zr+2]([CH]1C(C(C)C)=Cc2c(-c3ccc(C(C)(C)C)cc3)cccc21)[CH]1C(C)=C(CCCCCCOC(C)(C)C)c2c(-c3ccc(C(C)(C)C)cc3)cccc21.[Cl-].[Cl-]. The van der Waals surface area contributed by atoms with Gasteiger partial charge in [-0.15, -0.1) is 0 Å². The Morgan fingerprint density at radius 3 is 1.70 bits per heavy atom. The summed E-state index contributed by atoms with van der Waals surface area (Å²) in [4.78, 5) is 0. The van der Waals surface area contributed by atoms with Crippen molar-refractivity contribution in [3.05, 3.63) is 129 Å². The van der Waals surface area contributed by atoms with Crippen molar-refractivity contribution >= 4 is 17.1 Å². The summed E-state index contributed by atoms with van der Waals surface area (Å²) in [5.74, 6) is 0.522. The van der Waals surface area contributed by atoms with E-state index in [1.54, 1.807) is 33.4 Å². The maximum Gasteiger partial charge on any atom is -1.00 e. The fourth-order valence-electron chi connectivity index (χ4n) is 10.3. The van der Waals surface area contributed by atoms with E-state index in [2.05, 4.69) is 188 Å². The van der Waals surface area contributed by atoms with Crippen LogP contribution in [0.4, 0.5) is 0 Å². The minimum atomic E-state index is -2.46. The molecule has 0 fully saturated rings. The molecule has 2 aliphatic rings. The van der Waals surface area contributed by atoms with E-state index in [1.807, 2.05) is 0 Å². The molecule has 5 heteroatoms. The summed E-state index contributed by atoms with van der Waals surface area (Å²) in [5.41, 5.74) is 19.7. The van der Waals surface area contributed by atoms with E-state index >= 15 is 0 Å². The molecule has 2 unspecified atom stereocenters. The van der Waals surface area contributed by atoms with Gasteiger partial charge in [-0.25, -0.2) is 0 Å². The molecule has 64 heavy (non-hydrogen) atoms. The number of fused-ring (bicyclic) bond motifs is 2. The van der Waals surface area contributed by atoms with Gasteiger partial charge in [0.15, 0.2) is 0 Å². The summed E-state index contributed by atoms with van der Waals surface area (Å²) in [6.07, 6.45) is 14.2. The van der Waals surface area contributed by atoms with Gasteiger partial charge in [-0.1, -0.05) is 0 Å².